The standard InChI is InChI=1S/C26H34N4O/c1-18-13-21(7-10-25(18)31-2)20-5-3-19(4-6-20)16-30-26-14-22(11-12-28-26)23(15-27)17-29-24-8-9-24/h7,10-15,17,19-20,24H,3-6,8-9,16,27H2,1-2H3,(H,28,30). The number of ether oxygens (including phenoxy) is 1. The normalized spacial score (nSPS) is 21.9. The molecule has 0 spiro atoms. The van der Waals surface area contributed by atoms with Crippen molar-refractivity contribution in [3.8, 4) is 5.75 Å². The van der Waals surface area contributed by atoms with Gasteiger partial charge in [-0.2, -0.15) is 0 Å². The molecular formula is C26H34N4O. The molecule has 4 rings (SSSR count). The first kappa shape index (κ1) is 21.4. The number of nitrogens with two attached hydrogens (primary N) is 1. The lowest BCUT2D eigenvalue weighted by molar-refractivity contribution is 0.338. The number of allylic oxidation sites excluding steroid dienone is 1. The van der Waals surface area contributed by atoms with Gasteiger partial charge in [-0.25, -0.2) is 4.98 Å². The van der Waals surface area contributed by atoms with Crippen molar-refractivity contribution in [3.05, 3.63) is 59.4 Å². The second kappa shape index (κ2) is 9.99. The van der Waals surface area contributed by atoms with Crippen molar-refractivity contribution in [3.63, 3.8) is 0 Å². The molecular weight excluding hydrogens is 384 g/mol. The van der Waals surface area contributed by atoms with Crippen molar-refractivity contribution >= 4 is 17.6 Å². The zero-order valence-electron chi connectivity index (χ0n) is 18.7. The number of hydrogen-bond donors (Lipinski definition) is 2. The van der Waals surface area contributed by atoms with Gasteiger partial charge in [0.05, 0.1) is 13.2 Å². The van der Waals surface area contributed by atoms with Crippen LogP contribution in [0.2, 0.25) is 0 Å². The van der Waals surface area contributed by atoms with E-state index >= 15 is 0 Å². The lowest BCUT2D eigenvalue weighted by Gasteiger charge is -2.29. The number of hydrogen-bond acceptors (Lipinski definition) is 5. The summed E-state index contributed by atoms with van der Waals surface area (Å²) in [5.74, 6) is 3.22. The fourth-order valence-electron chi connectivity index (χ4n) is 4.43. The van der Waals surface area contributed by atoms with Gasteiger partial charge in [0, 0.05) is 30.7 Å². The third kappa shape index (κ3) is 5.66. The number of nitrogens with zero attached hydrogens (tertiary/aromatic N) is 2. The Labute approximate surface area is 185 Å². The molecule has 31 heavy (non-hydrogen) atoms. The summed E-state index contributed by atoms with van der Waals surface area (Å²) in [7, 11) is 1.74. The Balaban J connectivity index is 1.29. The SMILES string of the molecule is COc1ccc(C2CCC(CNc3cc(C(C=NC4CC4)=CN)ccn3)CC2)cc1C. The summed E-state index contributed by atoms with van der Waals surface area (Å²) >= 11 is 0. The maximum Gasteiger partial charge on any atom is 0.126 e. The van der Waals surface area contributed by atoms with Crippen molar-refractivity contribution in [1.82, 2.24) is 4.98 Å². The van der Waals surface area contributed by atoms with Gasteiger partial charge >= 0.3 is 0 Å². The highest BCUT2D eigenvalue weighted by Crippen LogP contribution is 2.37. The van der Waals surface area contributed by atoms with Crippen molar-refractivity contribution in [2.24, 2.45) is 16.6 Å². The number of anilines is 1. The summed E-state index contributed by atoms with van der Waals surface area (Å²) < 4.78 is 5.40. The molecule has 2 fully saturated rings. The van der Waals surface area contributed by atoms with E-state index in [0.717, 1.165) is 29.2 Å². The van der Waals surface area contributed by atoms with E-state index < -0.39 is 0 Å². The Bertz CT molecular complexity index is 940. The van der Waals surface area contributed by atoms with Crippen LogP contribution < -0.4 is 15.8 Å². The molecule has 1 heterocycles. The van der Waals surface area contributed by atoms with Gasteiger partial charge in [0.25, 0.3) is 0 Å². The van der Waals surface area contributed by atoms with Gasteiger partial charge in [-0.15, -0.1) is 0 Å². The number of pyridine rings is 1. The fraction of sp³-hybridized carbons (Fsp3) is 0.462. The maximum atomic E-state index is 5.84. The average Bonchev–Trinajstić information content (AvgIpc) is 3.63. The molecule has 0 aliphatic heterocycles. The Morgan fingerprint density at radius 1 is 1.16 bits per heavy atom. The van der Waals surface area contributed by atoms with E-state index in [4.69, 9.17) is 10.5 Å². The van der Waals surface area contributed by atoms with Crippen LogP contribution in [0.25, 0.3) is 5.57 Å². The zero-order valence-corrected chi connectivity index (χ0v) is 18.7. The highest BCUT2D eigenvalue weighted by Gasteiger charge is 2.23. The lowest BCUT2D eigenvalue weighted by Crippen LogP contribution is -2.21. The Morgan fingerprint density at radius 3 is 2.65 bits per heavy atom. The van der Waals surface area contributed by atoms with Crippen LogP contribution in [0.3, 0.4) is 0 Å². The van der Waals surface area contributed by atoms with Crippen LogP contribution in [0.1, 0.15) is 61.1 Å². The van der Waals surface area contributed by atoms with Crippen LogP contribution in [0.15, 0.2) is 47.7 Å². The highest BCUT2D eigenvalue weighted by molar-refractivity contribution is 6.09. The molecule has 0 bridgehead atoms. The number of aromatic nitrogens is 1. The molecule has 0 unspecified atom stereocenters. The second-order valence-corrected chi connectivity index (χ2v) is 8.89. The number of nitrogens with one attached hydrogen (secondary N) is 1. The number of rotatable bonds is 8. The van der Waals surface area contributed by atoms with Gasteiger partial charge in [0.2, 0.25) is 0 Å². The monoisotopic (exact) mass is 418 g/mol. The molecule has 2 aromatic rings. The molecule has 0 radical (unpaired) electrons. The summed E-state index contributed by atoms with van der Waals surface area (Å²) in [5, 5.41) is 3.55. The third-order valence-corrected chi connectivity index (χ3v) is 6.55. The lowest BCUT2D eigenvalue weighted by atomic mass is 9.78. The number of aliphatic imine (C=N–C) groups is 1. The van der Waals surface area contributed by atoms with Gasteiger partial charge in [-0.3, -0.25) is 4.99 Å². The van der Waals surface area contributed by atoms with Crippen LogP contribution in [0.5, 0.6) is 5.75 Å². The summed E-state index contributed by atoms with van der Waals surface area (Å²) in [5.41, 5.74) is 10.5. The number of benzene rings is 1. The van der Waals surface area contributed by atoms with Gasteiger partial charge in [0.1, 0.15) is 11.6 Å². The van der Waals surface area contributed by atoms with E-state index in [2.05, 4.69) is 46.5 Å². The minimum Gasteiger partial charge on any atom is -0.496 e. The first-order valence-electron chi connectivity index (χ1n) is 11.5. The molecule has 1 aromatic carbocycles. The molecule has 2 saturated carbocycles. The van der Waals surface area contributed by atoms with Crippen LogP contribution in [-0.4, -0.2) is 30.9 Å². The molecule has 2 aliphatic rings. The first-order valence-corrected chi connectivity index (χ1v) is 11.5. The smallest absolute Gasteiger partial charge is 0.126 e. The summed E-state index contributed by atoms with van der Waals surface area (Å²) in [4.78, 5) is 9.06. The topological polar surface area (TPSA) is 72.5 Å². The summed E-state index contributed by atoms with van der Waals surface area (Å²) in [6.07, 6.45) is 12.7. The zero-order chi connectivity index (χ0) is 21.6. The van der Waals surface area contributed by atoms with Crippen LogP contribution in [0.4, 0.5) is 5.82 Å². The molecule has 1 aromatic heterocycles. The predicted molar refractivity (Wildman–Crippen MR) is 129 cm³/mol. The highest BCUT2D eigenvalue weighted by atomic mass is 16.5. The molecule has 0 saturated heterocycles. The summed E-state index contributed by atoms with van der Waals surface area (Å²) in [6.45, 7) is 3.09. The fourth-order valence-corrected chi connectivity index (χ4v) is 4.43. The molecule has 5 nitrogen and oxygen atoms in total. The average molecular weight is 419 g/mol. The van der Waals surface area contributed by atoms with Crippen molar-refractivity contribution < 1.29 is 4.74 Å². The van der Waals surface area contributed by atoms with Crippen molar-refractivity contribution in [2.45, 2.75) is 57.4 Å². The molecule has 2 aliphatic carbocycles. The van der Waals surface area contributed by atoms with Gasteiger partial charge < -0.3 is 15.8 Å². The minimum atomic E-state index is 0.492. The Hall–Kier alpha value is -2.82. The number of aryl methyl sites for hydroxylation is 1. The molecule has 164 valence electrons. The maximum absolute atomic E-state index is 5.84. The predicted octanol–water partition coefficient (Wildman–Crippen LogP) is 5.32. The molecule has 3 N–H and O–H groups in total. The third-order valence-electron chi connectivity index (χ3n) is 6.55. The van der Waals surface area contributed by atoms with Crippen LogP contribution in [0, 0.1) is 12.8 Å². The molecule has 0 amide bonds. The summed E-state index contributed by atoms with van der Waals surface area (Å²) in [6, 6.07) is 11.2. The van der Waals surface area contributed by atoms with Crippen LogP contribution >= 0.6 is 0 Å². The van der Waals surface area contributed by atoms with Crippen molar-refractivity contribution in [1.29, 1.82) is 0 Å². The van der Waals surface area contributed by atoms with Gasteiger partial charge in [-0.1, -0.05) is 12.1 Å². The van der Waals surface area contributed by atoms with E-state index in [1.165, 1.54) is 49.7 Å². The Kier molecular flexibility index (Phi) is 6.90. The van der Waals surface area contributed by atoms with E-state index in [1.807, 2.05) is 18.5 Å². The molecule has 0 atom stereocenters. The Morgan fingerprint density at radius 2 is 1.97 bits per heavy atom. The van der Waals surface area contributed by atoms with E-state index in [-0.39, 0.29) is 0 Å². The largest absolute Gasteiger partial charge is 0.496 e. The van der Waals surface area contributed by atoms with Crippen LogP contribution in [-0.2, 0) is 0 Å². The second-order valence-electron chi connectivity index (χ2n) is 8.89. The van der Waals surface area contributed by atoms with Gasteiger partial charge in [0.15, 0.2) is 0 Å². The van der Waals surface area contributed by atoms with E-state index in [1.54, 1.807) is 13.3 Å². The van der Waals surface area contributed by atoms with E-state index in [0.29, 0.717) is 17.9 Å². The van der Waals surface area contributed by atoms with Gasteiger partial charge in [-0.05, 0) is 92.2 Å². The minimum absolute atomic E-state index is 0.492. The quantitative estimate of drug-likeness (QED) is 0.569. The number of methoxy groups -OCH3 is 1. The van der Waals surface area contributed by atoms with Crippen molar-refractivity contribution in [2.75, 3.05) is 19.0 Å². The molecule has 5 heteroatoms. The first-order chi connectivity index (χ1) is 15.2. The van der Waals surface area contributed by atoms with E-state index in [9.17, 15) is 0 Å².